The smallest absolute Gasteiger partial charge is 0.220 e. The zero-order chi connectivity index (χ0) is 16.5. The molecule has 1 saturated heterocycles. The predicted molar refractivity (Wildman–Crippen MR) is 111 cm³/mol. The van der Waals surface area contributed by atoms with E-state index in [1.807, 2.05) is 0 Å². The van der Waals surface area contributed by atoms with Crippen molar-refractivity contribution in [3.05, 3.63) is 0 Å². The Labute approximate surface area is 167 Å². The third kappa shape index (κ3) is 8.94. The molecule has 2 N–H and O–H groups in total. The predicted octanol–water partition coefficient (Wildman–Crippen LogP) is 3.63. The maximum absolute atomic E-state index is 12.4. The zero-order valence-corrected chi connectivity index (χ0v) is 17.7. The van der Waals surface area contributed by atoms with Crippen molar-refractivity contribution in [3.8, 4) is 0 Å². The average Bonchev–Trinajstić information content (AvgIpc) is 2.60. The fourth-order valence-corrected chi connectivity index (χ4v) is 4.21. The van der Waals surface area contributed by atoms with Crippen molar-refractivity contribution < 1.29 is 4.79 Å². The first-order valence-electron chi connectivity index (χ1n) is 9.95. The Kier molecular flexibility index (Phi) is 14.1. The van der Waals surface area contributed by atoms with Gasteiger partial charge in [-0.05, 0) is 70.1 Å². The molecule has 2 unspecified atom stereocenters. The van der Waals surface area contributed by atoms with Gasteiger partial charge in [-0.2, -0.15) is 0 Å². The van der Waals surface area contributed by atoms with Crippen LogP contribution >= 0.6 is 24.8 Å². The Hall–Kier alpha value is -0.0300. The lowest BCUT2D eigenvalue weighted by Gasteiger charge is -2.35. The summed E-state index contributed by atoms with van der Waals surface area (Å²) in [5.41, 5.74) is 0. The van der Waals surface area contributed by atoms with Crippen molar-refractivity contribution >= 4 is 30.7 Å². The van der Waals surface area contributed by atoms with Gasteiger partial charge in [-0.3, -0.25) is 4.79 Å². The number of amides is 1. The first kappa shape index (κ1) is 25.0. The summed E-state index contributed by atoms with van der Waals surface area (Å²) >= 11 is 0. The molecule has 4 nitrogen and oxygen atoms in total. The van der Waals surface area contributed by atoms with Crippen LogP contribution in [0, 0.1) is 11.8 Å². The molecule has 0 radical (unpaired) electrons. The molecule has 1 amide bonds. The fraction of sp³-hybridized carbons (Fsp3) is 0.947. The van der Waals surface area contributed by atoms with Gasteiger partial charge in [-0.25, -0.2) is 0 Å². The van der Waals surface area contributed by atoms with Gasteiger partial charge >= 0.3 is 0 Å². The molecule has 150 valence electrons. The Morgan fingerprint density at radius 2 is 1.68 bits per heavy atom. The van der Waals surface area contributed by atoms with Crippen molar-refractivity contribution in [2.24, 2.45) is 11.8 Å². The molecule has 0 bridgehead atoms. The van der Waals surface area contributed by atoms with Crippen LogP contribution in [0.25, 0.3) is 0 Å². The van der Waals surface area contributed by atoms with E-state index in [1.54, 1.807) is 0 Å². The van der Waals surface area contributed by atoms with Crippen LogP contribution in [0.1, 0.15) is 65.2 Å². The minimum absolute atomic E-state index is 0. The number of rotatable bonds is 8. The lowest BCUT2D eigenvalue weighted by atomic mass is 9.83. The van der Waals surface area contributed by atoms with Gasteiger partial charge in [0, 0.05) is 19.0 Å². The van der Waals surface area contributed by atoms with Crippen molar-refractivity contribution in [3.63, 3.8) is 0 Å². The van der Waals surface area contributed by atoms with Gasteiger partial charge < -0.3 is 15.5 Å². The number of hydrogen-bond acceptors (Lipinski definition) is 3. The molecule has 0 aromatic carbocycles. The molecule has 1 saturated carbocycles. The van der Waals surface area contributed by atoms with Crippen molar-refractivity contribution in [2.75, 3.05) is 32.7 Å². The lowest BCUT2D eigenvalue weighted by Crippen LogP contribution is -2.46. The molecular formula is C19H39Cl2N3O. The molecule has 1 aliphatic heterocycles. The van der Waals surface area contributed by atoms with Crippen LogP contribution in [-0.4, -0.2) is 49.6 Å². The second-order valence-electron chi connectivity index (χ2n) is 7.44. The molecule has 2 rings (SSSR count). The Balaban J connectivity index is 0.00000288. The maximum atomic E-state index is 12.4. The summed E-state index contributed by atoms with van der Waals surface area (Å²) in [6, 6.07) is 0.407. The highest BCUT2D eigenvalue weighted by Gasteiger charge is 2.27. The fourth-order valence-electron chi connectivity index (χ4n) is 4.21. The van der Waals surface area contributed by atoms with Crippen LogP contribution in [0.5, 0.6) is 0 Å². The second kappa shape index (κ2) is 14.1. The topological polar surface area (TPSA) is 44.4 Å². The van der Waals surface area contributed by atoms with Crippen LogP contribution in [0.2, 0.25) is 0 Å². The van der Waals surface area contributed by atoms with Crippen LogP contribution < -0.4 is 10.6 Å². The molecule has 2 atom stereocenters. The monoisotopic (exact) mass is 395 g/mol. The van der Waals surface area contributed by atoms with Crippen molar-refractivity contribution in [1.82, 2.24) is 15.5 Å². The van der Waals surface area contributed by atoms with Gasteiger partial charge in [0.05, 0.1) is 0 Å². The SMILES string of the molecule is CCN(CC)CC1CCCCC1NC(=O)CCC1CCNCC1.Cl.Cl. The third-order valence-electron chi connectivity index (χ3n) is 5.88. The Bertz CT molecular complexity index is 348. The number of nitrogens with zero attached hydrogens (tertiary/aromatic N) is 1. The Morgan fingerprint density at radius 3 is 2.32 bits per heavy atom. The highest BCUT2D eigenvalue weighted by molar-refractivity contribution is 5.85. The van der Waals surface area contributed by atoms with Gasteiger partial charge in [0.15, 0.2) is 0 Å². The number of piperidine rings is 1. The molecule has 2 aliphatic rings. The van der Waals surface area contributed by atoms with E-state index in [0.29, 0.717) is 17.9 Å². The average molecular weight is 396 g/mol. The number of hydrogen-bond donors (Lipinski definition) is 2. The van der Waals surface area contributed by atoms with Crippen LogP contribution in [0.4, 0.5) is 0 Å². The van der Waals surface area contributed by atoms with Gasteiger partial charge in [-0.1, -0.05) is 26.7 Å². The minimum atomic E-state index is 0. The summed E-state index contributed by atoms with van der Waals surface area (Å²) in [6.45, 7) is 10.1. The van der Waals surface area contributed by atoms with E-state index in [2.05, 4.69) is 29.4 Å². The standard InChI is InChI=1S/C19H37N3O.2ClH/c1-3-22(4-2)15-17-7-5-6-8-18(17)21-19(23)10-9-16-11-13-20-14-12-16;;/h16-18,20H,3-15H2,1-2H3,(H,21,23);2*1H. The number of carbonyl (C=O) groups excluding carboxylic acids is 1. The maximum Gasteiger partial charge on any atom is 0.220 e. The molecule has 0 aromatic rings. The van der Waals surface area contributed by atoms with Gasteiger partial charge in [-0.15, -0.1) is 24.8 Å². The molecule has 6 heteroatoms. The van der Waals surface area contributed by atoms with E-state index in [9.17, 15) is 4.79 Å². The Morgan fingerprint density at radius 1 is 1.04 bits per heavy atom. The van der Waals surface area contributed by atoms with Crippen LogP contribution in [-0.2, 0) is 4.79 Å². The van der Waals surface area contributed by atoms with Crippen LogP contribution in [0.3, 0.4) is 0 Å². The largest absolute Gasteiger partial charge is 0.353 e. The summed E-state index contributed by atoms with van der Waals surface area (Å²) in [7, 11) is 0. The number of nitrogens with one attached hydrogen (secondary N) is 2. The van der Waals surface area contributed by atoms with E-state index in [0.717, 1.165) is 51.5 Å². The summed E-state index contributed by atoms with van der Waals surface area (Å²) in [4.78, 5) is 14.9. The first-order valence-corrected chi connectivity index (χ1v) is 9.95. The molecule has 2 fully saturated rings. The molecule has 0 aromatic heterocycles. The highest BCUT2D eigenvalue weighted by Crippen LogP contribution is 2.26. The molecule has 0 spiro atoms. The normalized spacial score (nSPS) is 24.3. The quantitative estimate of drug-likeness (QED) is 0.659. The van der Waals surface area contributed by atoms with E-state index in [4.69, 9.17) is 0 Å². The van der Waals surface area contributed by atoms with Gasteiger partial charge in [0.25, 0.3) is 0 Å². The lowest BCUT2D eigenvalue weighted by molar-refractivity contribution is -0.122. The number of carbonyl (C=O) groups is 1. The van der Waals surface area contributed by atoms with E-state index in [-0.39, 0.29) is 24.8 Å². The molecular weight excluding hydrogens is 357 g/mol. The van der Waals surface area contributed by atoms with E-state index < -0.39 is 0 Å². The van der Waals surface area contributed by atoms with Gasteiger partial charge in [0.2, 0.25) is 5.91 Å². The number of halogens is 2. The van der Waals surface area contributed by atoms with E-state index >= 15 is 0 Å². The van der Waals surface area contributed by atoms with Crippen molar-refractivity contribution in [1.29, 1.82) is 0 Å². The van der Waals surface area contributed by atoms with Crippen molar-refractivity contribution in [2.45, 2.75) is 71.3 Å². The minimum Gasteiger partial charge on any atom is -0.353 e. The summed E-state index contributed by atoms with van der Waals surface area (Å²) in [5.74, 6) is 1.69. The van der Waals surface area contributed by atoms with Gasteiger partial charge in [0.1, 0.15) is 0 Å². The third-order valence-corrected chi connectivity index (χ3v) is 5.88. The first-order chi connectivity index (χ1) is 11.2. The summed E-state index contributed by atoms with van der Waals surface area (Å²) in [6.07, 6.45) is 9.31. The molecule has 25 heavy (non-hydrogen) atoms. The second-order valence-corrected chi connectivity index (χ2v) is 7.44. The zero-order valence-electron chi connectivity index (χ0n) is 16.1. The summed E-state index contributed by atoms with van der Waals surface area (Å²) < 4.78 is 0. The summed E-state index contributed by atoms with van der Waals surface area (Å²) in [5, 5.41) is 6.78. The van der Waals surface area contributed by atoms with E-state index in [1.165, 1.54) is 38.5 Å². The molecule has 1 heterocycles. The highest BCUT2D eigenvalue weighted by atomic mass is 35.5. The van der Waals surface area contributed by atoms with Crippen LogP contribution in [0.15, 0.2) is 0 Å². The molecule has 1 aliphatic carbocycles.